The molecule has 0 saturated carbocycles. The second-order valence-electron chi connectivity index (χ2n) is 7.39. The van der Waals surface area contributed by atoms with E-state index in [1.165, 1.54) is 6.42 Å². The number of hydrogen-bond donors (Lipinski definition) is 1. The molecule has 6 nitrogen and oxygen atoms in total. The first-order valence-corrected chi connectivity index (χ1v) is 9.87. The first-order valence-electron chi connectivity index (χ1n) is 9.87. The fourth-order valence-electron chi connectivity index (χ4n) is 3.76. The summed E-state index contributed by atoms with van der Waals surface area (Å²) < 4.78 is 0. The lowest BCUT2D eigenvalue weighted by Crippen LogP contribution is -2.48. The third-order valence-electron chi connectivity index (χ3n) is 5.35. The molecule has 1 N–H and O–H groups in total. The van der Waals surface area contributed by atoms with Crippen molar-refractivity contribution in [2.75, 3.05) is 11.9 Å². The lowest BCUT2D eigenvalue weighted by molar-refractivity contribution is -0.134. The number of nitrogens with one attached hydrogen (secondary N) is 1. The van der Waals surface area contributed by atoms with E-state index >= 15 is 0 Å². The topological polar surface area (TPSA) is 71.0 Å². The van der Waals surface area contributed by atoms with E-state index < -0.39 is 0 Å². The third-order valence-corrected chi connectivity index (χ3v) is 5.35. The number of carbonyl (C=O) groups is 1. The molecule has 28 heavy (non-hydrogen) atoms. The van der Waals surface area contributed by atoms with Gasteiger partial charge in [0.2, 0.25) is 5.91 Å². The predicted molar refractivity (Wildman–Crippen MR) is 111 cm³/mol. The van der Waals surface area contributed by atoms with E-state index in [0.29, 0.717) is 17.7 Å². The van der Waals surface area contributed by atoms with Crippen molar-refractivity contribution in [3.05, 3.63) is 48.8 Å². The molecule has 1 aromatic carbocycles. The van der Waals surface area contributed by atoms with Gasteiger partial charge in [0, 0.05) is 35.9 Å². The van der Waals surface area contributed by atoms with Gasteiger partial charge >= 0.3 is 0 Å². The summed E-state index contributed by atoms with van der Waals surface area (Å²) >= 11 is 0. The number of carbonyl (C=O) groups excluding carboxylic acids is 1. The van der Waals surface area contributed by atoms with Crippen molar-refractivity contribution in [3.8, 4) is 11.4 Å². The van der Waals surface area contributed by atoms with Crippen molar-refractivity contribution >= 4 is 22.6 Å². The number of anilines is 1. The van der Waals surface area contributed by atoms with Gasteiger partial charge in [0.05, 0.1) is 5.52 Å². The van der Waals surface area contributed by atoms with Crippen LogP contribution in [0.3, 0.4) is 0 Å². The van der Waals surface area contributed by atoms with Crippen LogP contribution in [-0.4, -0.2) is 44.4 Å². The van der Waals surface area contributed by atoms with Crippen LogP contribution in [0.15, 0.2) is 48.8 Å². The van der Waals surface area contributed by atoms with Crippen molar-refractivity contribution in [2.45, 2.75) is 45.2 Å². The fourth-order valence-corrected chi connectivity index (χ4v) is 3.76. The summed E-state index contributed by atoms with van der Waals surface area (Å²) in [7, 11) is 0. The molecule has 1 aliphatic rings. The Hall–Kier alpha value is -3.02. The van der Waals surface area contributed by atoms with Crippen LogP contribution in [0.1, 0.15) is 33.1 Å². The molecule has 2 aromatic heterocycles. The fraction of sp³-hybridized carbons (Fsp3) is 0.364. The van der Waals surface area contributed by atoms with Crippen LogP contribution >= 0.6 is 0 Å². The average Bonchev–Trinajstić information content (AvgIpc) is 2.74. The van der Waals surface area contributed by atoms with Gasteiger partial charge in [-0.2, -0.15) is 0 Å². The van der Waals surface area contributed by atoms with Crippen molar-refractivity contribution in [2.24, 2.45) is 0 Å². The Kier molecular flexibility index (Phi) is 5.19. The molecule has 1 aliphatic heterocycles. The van der Waals surface area contributed by atoms with Crippen molar-refractivity contribution in [1.29, 1.82) is 0 Å². The summed E-state index contributed by atoms with van der Waals surface area (Å²) in [6, 6.07) is 11.6. The lowest BCUT2D eigenvalue weighted by Gasteiger charge is -2.35. The number of piperidine rings is 1. The number of benzene rings is 1. The minimum atomic E-state index is -0.357. The van der Waals surface area contributed by atoms with Gasteiger partial charge in [0.1, 0.15) is 11.9 Å². The number of pyridine rings is 1. The largest absolute Gasteiger partial charge is 0.358 e. The maximum absolute atomic E-state index is 13.0. The van der Waals surface area contributed by atoms with Crippen molar-refractivity contribution < 1.29 is 4.79 Å². The van der Waals surface area contributed by atoms with E-state index in [-0.39, 0.29) is 11.9 Å². The predicted octanol–water partition coefficient (Wildman–Crippen LogP) is 3.89. The van der Waals surface area contributed by atoms with E-state index in [9.17, 15) is 4.79 Å². The molecule has 6 heteroatoms. The molecule has 4 rings (SSSR count). The number of aromatic nitrogens is 3. The van der Waals surface area contributed by atoms with Crippen molar-refractivity contribution in [3.63, 3.8) is 0 Å². The molecule has 0 spiro atoms. The normalized spacial score (nSPS) is 18.1. The van der Waals surface area contributed by atoms with Gasteiger partial charge in [-0.15, -0.1) is 0 Å². The van der Waals surface area contributed by atoms with Crippen molar-refractivity contribution in [1.82, 2.24) is 19.9 Å². The van der Waals surface area contributed by atoms with E-state index in [1.807, 2.05) is 48.2 Å². The van der Waals surface area contributed by atoms with Crippen LogP contribution in [0.5, 0.6) is 0 Å². The minimum Gasteiger partial charge on any atom is -0.358 e. The second kappa shape index (κ2) is 7.92. The van der Waals surface area contributed by atoms with Gasteiger partial charge in [0.25, 0.3) is 0 Å². The van der Waals surface area contributed by atoms with E-state index in [1.54, 1.807) is 12.4 Å². The number of para-hydroxylation sites is 1. The third kappa shape index (κ3) is 3.67. The van der Waals surface area contributed by atoms with Gasteiger partial charge < -0.3 is 10.2 Å². The molecule has 0 radical (unpaired) electrons. The number of nitrogens with zero attached hydrogens (tertiary/aromatic N) is 4. The molecule has 1 saturated heterocycles. The van der Waals surface area contributed by atoms with Crippen LogP contribution in [0.25, 0.3) is 22.3 Å². The monoisotopic (exact) mass is 375 g/mol. The highest BCUT2D eigenvalue weighted by Crippen LogP contribution is 2.26. The first-order chi connectivity index (χ1) is 13.6. The summed E-state index contributed by atoms with van der Waals surface area (Å²) in [6.45, 7) is 4.87. The van der Waals surface area contributed by atoms with Gasteiger partial charge in [0.15, 0.2) is 5.82 Å². The summed E-state index contributed by atoms with van der Waals surface area (Å²) in [5.74, 6) is 1.43. The zero-order valence-corrected chi connectivity index (χ0v) is 16.3. The van der Waals surface area contributed by atoms with E-state index in [4.69, 9.17) is 4.98 Å². The summed E-state index contributed by atoms with van der Waals surface area (Å²) in [6.07, 6.45) is 6.79. The lowest BCUT2D eigenvalue weighted by atomic mass is 10.0. The van der Waals surface area contributed by atoms with Crippen LogP contribution in [0.4, 0.5) is 5.82 Å². The number of rotatable bonds is 4. The van der Waals surface area contributed by atoms with Crippen LogP contribution in [-0.2, 0) is 4.79 Å². The maximum atomic E-state index is 13.0. The highest BCUT2D eigenvalue weighted by atomic mass is 16.2. The molecule has 3 aromatic rings. The Labute approximate surface area is 165 Å². The molecule has 0 bridgehead atoms. The Morgan fingerprint density at radius 2 is 1.93 bits per heavy atom. The summed E-state index contributed by atoms with van der Waals surface area (Å²) in [5, 5.41) is 4.26. The van der Waals surface area contributed by atoms with Gasteiger partial charge in [-0.05, 0) is 57.4 Å². The molecule has 144 valence electrons. The Bertz CT molecular complexity index is 975. The zero-order valence-electron chi connectivity index (χ0n) is 16.3. The summed E-state index contributed by atoms with van der Waals surface area (Å²) in [5.41, 5.74) is 1.74. The molecule has 0 aliphatic carbocycles. The highest BCUT2D eigenvalue weighted by molar-refractivity contribution is 5.93. The average molecular weight is 375 g/mol. The number of fused-ring (bicyclic) bond motifs is 1. The van der Waals surface area contributed by atoms with Gasteiger partial charge in [-0.25, -0.2) is 9.97 Å². The second-order valence-corrected chi connectivity index (χ2v) is 7.39. The minimum absolute atomic E-state index is 0.125. The Morgan fingerprint density at radius 3 is 2.71 bits per heavy atom. The molecule has 1 amide bonds. The van der Waals surface area contributed by atoms with Crippen LogP contribution < -0.4 is 5.32 Å². The van der Waals surface area contributed by atoms with Gasteiger partial charge in [-0.3, -0.25) is 9.78 Å². The van der Waals surface area contributed by atoms with E-state index in [0.717, 1.165) is 35.9 Å². The highest BCUT2D eigenvalue weighted by Gasteiger charge is 2.27. The molecular formula is C22H25N5O. The Balaban J connectivity index is 1.66. The molecule has 3 heterocycles. The first kappa shape index (κ1) is 18.3. The number of hydrogen-bond acceptors (Lipinski definition) is 5. The molecule has 2 unspecified atom stereocenters. The zero-order chi connectivity index (χ0) is 19.5. The quantitative estimate of drug-likeness (QED) is 0.749. The molecule has 1 fully saturated rings. The molecule has 2 atom stereocenters. The maximum Gasteiger partial charge on any atom is 0.245 e. The van der Waals surface area contributed by atoms with Crippen LogP contribution in [0.2, 0.25) is 0 Å². The molecular weight excluding hydrogens is 350 g/mol. The van der Waals surface area contributed by atoms with Gasteiger partial charge in [-0.1, -0.05) is 12.1 Å². The van der Waals surface area contributed by atoms with E-state index in [2.05, 4.69) is 22.2 Å². The number of amides is 1. The van der Waals surface area contributed by atoms with Crippen LogP contribution in [0, 0.1) is 0 Å². The Morgan fingerprint density at radius 1 is 1.14 bits per heavy atom. The summed E-state index contributed by atoms with van der Waals surface area (Å²) in [4.78, 5) is 28.5. The standard InChI is InChI=1S/C22H25N5O/c1-15-7-5-6-14-27(15)22(28)16(2)24-21-18-8-3-4-9-19(18)25-20(26-21)17-10-12-23-13-11-17/h3-4,8-13,15-16H,5-7,14H2,1-2H3,(H,24,25,26). The smallest absolute Gasteiger partial charge is 0.245 e. The SMILES string of the molecule is CC(Nc1nc(-c2ccncc2)nc2ccccc12)C(=O)N1CCCCC1C. The number of likely N-dealkylation sites (tertiary alicyclic amines) is 1.